The van der Waals surface area contributed by atoms with Gasteiger partial charge in [0.05, 0.1) is 19.0 Å². The molecule has 1 aromatic heterocycles. The Bertz CT molecular complexity index is 1210. The Morgan fingerprint density at radius 2 is 2.03 bits per heavy atom. The number of hydrogen-bond acceptors (Lipinski definition) is 8. The van der Waals surface area contributed by atoms with E-state index in [1.807, 2.05) is 12.1 Å². The van der Waals surface area contributed by atoms with Crippen molar-refractivity contribution in [2.75, 3.05) is 12.5 Å². The molecule has 0 unspecified atom stereocenters. The number of esters is 1. The van der Waals surface area contributed by atoms with E-state index >= 15 is 0 Å². The van der Waals surface area contributed by atoms with Gasteiger partial charge in [-0.25, -0.2) is 10.4 Å². The normalized spacial score (nSPS) is 10.5. The zero-order chi connectivity index (χ0) is 22.2. The van der Waals surface area contributed by atoms with Crippen molar-refractivity contribution in [3.63, 3.8) is 0 Å². The molecule has 9 nitrogen and oxygen atoms in total. The summed E-state index contributed by atoms with van der Waals surface area (Å²) in [6.45, 7) is 1.70. The predicted octanol–water partition coefficient (Wildman–Crippen LogP) is 3.08. The topological polar surface area (TPSA) is 129 Å². The largest absolute Gasteiger partial charge is 0.493 e. The number of nitrogens with zero attached hydrogens (tertiary/aromatic N) is 3. The Labute approximate surface area is 178 Å². The molecule has 156 valence electrons. The number of hydrazone groups is 1. The van der Waals surface area contributed by atoms with E-state index < -0.39 is 5.56 Å². The molecule has 2 N–H and O–H groups in total. The maximum atomic E-state index is 12.3. The number of anilines is 1. The van der Waals surface area contributed by atoms with E-state index in [2.05, 4.69) is 20.5 Å². The molecule has 0 aliphatic heterocycles. The number of benzene rings is 2. The van der Waals surface area contributed by atoms with Crippen LogP contribution >= 0.6 is 0 Å². The lowest BCUT2D eigenvalue weighted by atomic mass is 10.1. The molecule has 3 aromatic rings. The van der Waals surface area contributed by atoms with E-state index in [9.17, 15) is 14.9 Å². The van der Waals surface area contributed by atoms with Gasteiger partial charge in [0, 0.05) is 12.0 Å². The second kappa shape index (κ2) is 9.84. The van der Waals surface area contributed by atoms with Gasteiger partial charge in [0.1, 0.15) is 11.6 Å². The monoisotopic (exact) mass is 417 g/mol. The average molecular weight is 417 g/mol. The van der Waals surface area contributed by atoms with E-state index in [-0.39, 0.29) is 29.6 Å². The van der Waals surface area contributed by atoms with Crippen LogP contribution in [0.5, 0.6) is 11.5 Å². The zero-order valence-corrected chi connectivity index (χ0v) is 16.9. The van der Waals surface area contributed by atoms with Gasteiger partial charge in [0.25, 0.3) is 5.56 Å². The van der Waals surface area contributed by atoms with Crippen LogP contribution in [0.4, 0.5) is 5.95 Å². The van der Waals surface area contributed by atoms with Crippen LogP contribution in [0.3, 0.4) is 0 Å². The summed E-state index contributed by atoms with van der Waals surface area (Å²) in [7, 11) is 1.47. The standard InChI is InChI=1S/C22H19N5O4/c1-3-19(28)31-17-10-9-14(11-18(17)30-2)13-24-27-22-25-20(15-7-5-4-6-8-15)16(12-23)21(29)26-22/h4-11,13H,3H2,1-2H3,(H2,25,26,27,29). The first-order valence-electron chi connectivity index (χ1n) is 9.33. The fraction of sp³-hybridized carbons (Fsp3) is 0.136. The van der Waals surface area contributed by atoms with Crippen molar-refractivity contribution in [2.24, 2.45) is 5.10 Å². The van der Waals surface area contributed by atoms with Gasteiger partial charge >= 0.3 is 5.97 Å². The first-order chi connectivity index (χ1) is 15.0. The van der Waals surface area contributed by atoms with Crippen LogP contribution in [-0.2, 0) is 4.79 Å². The third kappa shape index (κ3) is 5.13. The van der Waals surface area contributed by atoms with Gasteiger partial charge in [0.2, 0.25) is 5.95 Å². The number of nitrogens with one attached hydrogen (secondary N) is 2. The summed E-state index contributed by atoms with van der Waals surface area (Å²) < 4.78 is 10.5. The molecule has 9 heteroatoms. The number of carbonyl (C=O) groups is 1. The summed E-state index contributed by atoms with van der Waals surface area (Å²) in [4.78, 5) is 30.6. The van der Waals surface area contributed by atoms with Crippen LogP contribution in [0.2, 0.25) is 0 Å². The van der Waals surface area contributed by atoms with E-state index in [1.54, 1.807) is 49.4 Å². The second-order valence-corrected chi connectivity index (χ2v) is 6.22. The van der Waals surface area contributed by atoms with Crippen molar-refractivity contribution < 1.29 is 14.3 Å². The van der Waals surface area contributed by atoms with Crippen molar-refractivity contribution in [1.29, 1.82) is 5.26 Å². The molecule has 0 saturated carbocycles. The Morgan fingerprint density at radius 3 is 2.71 bits per heavy atom. The average Bonchev–Trinajstić information content (AvgIpc) is 2.80. The van der Waals surface area contributed by atoms with Gasteiger partial charge in [-0.05, 0) is 23.8 Å². The Balaban J connectivity index is 1.83. The smallest absolute Gasteiger partial charge is 0.311 e. The van der Waals surface area contributed by atoms with Gasteiger partial charge in [-0.1, -0.05) is 37.3 Å². The van der Waals surface area contributed by atoms with Gasteiger partial charge in [-0.3, -0.25) is 14.6 Å². The number of hydrogen-bond donors (Lipinski definition) is 2. The van der Waals surface area contributed by atoms with Gasteiger partial charge < -0.3 is 9.47 Å². The molecule has 0 radical (unpaired) electrons. The molecule has 0 aliphatic carbocycles. The van der Waals surface area contributed by atoms with Crippen LogP contribution in [0, 0.1) is 11.3 Å². The molecule has 0 atom stereocenters. The number of carbonyl (C=O) groups excluding carboxylic acids is 1. The molecule has 31 heavy (non-hydrogen) atoms. The highest BCUT2D eigenvalue weighted by atomic mass is 16.6. The van der Waals surface area contributed by atoms with E-state index in [0.29, 0.717) is 22.6 Å². The molecule has 0 bridgehead atoms. The minimum Gasteiger partial charge on any atom is -0.493 e. The number of ether oxygens (including phenoxy) is 2. The van der Waals surface area contributed by atoms with Crippen LogP contribution in [0.1, 0.15) is 24.5 Å². The van der Waals surface area contributed by atoms with Crippen molar-refractivity contribution in [3.05, 3.63) is 70.0 Å². The van der Waals surface area contributed by atoms with Crippen LogP contribution in [0.15, 0.2) is 58.4 Å². The zero-order valence-electron chi connectivity index (χ0n) is 16.9. The van der Waals surface area contributed by atoms with Gasteiger partial charge in [0.15, 0.2) is 11.5 Å². The Morgan fingerprint density at radius 1 is 1.26 bits per heavy atom. The molecule has 1 heterocycles. The highest BCUT2D eigenvalue weighted by molar-refractivity contribution is 5.82. The molecular weight excluding hydrogens is 398 g/mol. The minimum absolute atomic E-state index is 0.0809. The summed E-state index contributed by atoms with van der Waals surface area (Å²) in [5, 5.41) is 13.4. The maximum absolute atomic E-state index is 12.3. The summed E-state index contributed by atoms with van der Waals surface area (Å²) in [6.07, 6.45) is 1.73. The Kier molecular flexibility index (Phi) is 6.75. The lowest BCUT2D eigenvalue weighted by Gasteiger charge is -2.09. The molecule has 0 saturated heterocycles. The summed E-state index contributed by atoms with van der Waals surface area (Å²) in [5.74, 6) is 0.401. The summed E-state index contributed by atoms with van der Waals surface area (Å²) in [6, 6.07) is 15.8. The van der Waals surface area contributed by atoms with Crippen molar-refractivity contribution in [1.82, 2.24) is 9.97 Å². The quantitative estimate of drug-likeness (QED) is 0.261. The second-order valence-electron chi connectivity index (χ2n) is 6.22. The third-order valence-corrected chi connectivity index (χ3v) is 4.16. The third-order valence-electron chi connectivity index (χ3n) is 4.16. The van der Waals surface area contributed by atoms with E-state index in [1.165, 1.54) is 13.3 Å². The summed E-state index contributed by atoms with van der Waals surface area (Å²) in [5.41, 5.74) is 3.55. The fourth-order valence-electron chi connectivity index (χ4n) is 2.65. The molecular formula is C22H19N5O4. The van der Waals surface area contributed by atoms with Crippen LogP contribution < -0.4 is 20.5 Å². The first-order valence-corrected chi connectivity index (χ1v) is 9.33. The number of aromatic amines is 1. The number of H-pyrrole nitrogens is 1. The van der Waals surface area contributed by atoms with Crippen molar-refractivity contribution in [2.45, 2.75) is 13.3 Å². The molecule has 3 rings (SSSR count). The SMILES string of the molecule is CCC(=O)Oc1ccc(C=NNc2nc(-c3ccccc3)c(C#N)c(=O)[nH]2)cc1OC. The van der Waals surface area contributed by atoms with E-state index in [0.717, 1.165) is 0 Å². The first kappa shape index (κ1) is 21.3. The highest BCUT2D eigenvalue weighted by Gasteiger charge is 2.13. The summed E-state index contributed by atoms with van der Waals surface area (Å²) >= 11 is 0. The lowest BCUT2D eigenvalue weighted by Crippen LogP contribution is -2.16. The molecule has 0 fully saturated rings. The number of nitriles is 1. The fourth-order valence-corrected chi connectivity index (χ4v) is 2.65. The molecule has 0 spiro atoms. The van der Waals surface area contributed by atoms with Crippen molar-refractivity contribution in [3.8, 4) is 28.8 Å². The molecule has 0 amide bonds. The lowest BCUT2D eigenvalue weighted by molar-refractivity contribution is -0.134. The van der Waals surface area contributed by atoms with Gasteiger partial charge in [-0.2, -0.15) is 10.4 Å². The highest BCUT2D eigenvalue weighted by Crippen LogP contribution is 2.28. The number of rotatable bonds is 7. The van der Waals surface area contributed by atoms with Crippen LogP contribution in [-0.4, -0.2) is 29.3 Å². The number of methoxy groups -OCH3 is 1. The van der Waals surface area contributed by atoms with Crippen LogP contribution in [0.25, 0.3) is 11.3 Å². The molecule has 2 aromatic carbocycles. The van der Waals surface area contributed by atoms with E-state index in [4.69, 9.17) is 9.47 Å². The number of aromatic nitrogens is 2. The minimum atomic E-state index is -0.571. The van der Waals surface area contributed by atoms with Gasteiger partial charge in [-0.15, -0.1) is 0 Å². The predicted molar refractivity (Wildman–Crippen MR) is 115 cm³/mol. The maximum Gasteiger partial charge on any atom is 0.311 e. The Hall–Kier alpha value is -4.45. The molecule has 0 aliphatic rings. The van der Waals surface area contributed by atoms with Crippen molar-refractivity contribution >= 4 is 18.1 Å².